The third-order valence-corrected chi connectivity index (χ3v) is 4.59. The molecule has 0 aromatic carbocycles. The second-order valence-corrected chi connectivity index (χ2v) is 8.32. The Hall–Kier alpha value is -1.92. The zero-order valence-electron chi connectivity index (χ0n) is 16.7. The molecule has 2 atom stereocenters. The van der Waals surface area contributed by atoms with E-state index in [9.17, 15) is 27.9 Å². The second kappa shape index (κ2) is 11.8. The van der Waals surface area contributed by atoms with E-state index in [1.807, 2.05) is 0 Å². The van der Waals surface area contributed by atoms with Crippen molar-refractivity contribution in [3.63, 3.8) is 0 Å². The second-order valence-electron chi connectivity index (χ2n) is 6.56. The minimum atomic E-state index is -3.92. The topological polar surface area (TPSA) is 155 Å². The Morgan fingerprint density at radius 1 is 1.18 bits per heavy atom. The number of carbonyl (C=O) groups excluding carboxylic acids is 3. The van der Waals surface area contributed by atoms with Crippen LogP contribution in [0, 0.1) is 5.41 Å². The lowest BCUT2D eigenvalue weighted by atomic mass is 9.88. The Bertz CT molecular complexity index is 631. The number of nitrogens with one attached hydrogen (secondary N) is 1. The van der Waals surface area contributed by atoms with Gasteiger partial charge in [-0.15, -0.1) is 0 Å². The molecule has 0 aromatic heterocycles. The van der Waals surface area contributed by atoms with Crippen LogP contribution in [0.15, 0.2) is 0 Å². The number of ether oxygens (including phenoxy) is 3. The van der Waals surface area contributed by atoms with Crippen LogP contribution in [0.2, 0.25) is 0 Å². The van der Waals surface area contributed by atoms with Crippen LogP contribution in [0.4, 0.5) is 4.79 Å². The first kappa shape index (κ1) is 26.1. The van der Waals surface area contributed by atoms with Gasteiger partial charge in [-0.25, -0.2) is 9.59 Å². The summed E-state index contributed by atoms with van der Waals surface area (Å²) in [6.45, 7) is 6.71. The van der Waals surface area contributed by atoms with Crippen molar-refractivity contribution in [1.82, 2.24) is 5.32 Å². The molecule has 0 saturated carbocycles. The van der Waals surface area contributed by atoms with Gasteiger partial charge >= 0.3 is 12.1 Å². The standard InChI is InChI=1S/C16H29NO10S/c1-6-24-15(21)27-12(3)26-14(20)13(19)16(4,5)10-25-28(22,23)9-7-8-17-11(2)18/h12-13,19H,6-10H2,1-5H3,(H,17,18)/t12?,13-/m0/s1. The van der Waals surface area contributed by atoms with Crippen LogP contribution in [0.25, 0.3) is 0 Å². The van der Waals surface area contributed by atoms with Gasteiger partial charge in [-0.05, 0) is 13.3 Å². The fourth-order valence-electron chi connectivity index (χ4n) is 1.75. The first-order valence-electron chi connectivity index (χ1n) is 8.64. The van der Waals surface area contributed by atoms with E-state index in [2.05, 4.69) is 14.8 Å². The van der Waals surface area contributed by atoms with Crippen molar-refractivity contribution in [2.24, 2.45) is 5.41 Å². The summed E-state index contributed by atoms with van der Waals surface area (Å²) < 4.78 is 42.6. The van der Waals surface area contributed by atoms with Crippen molar-refractivity contribution < 1.29 is 46.3 Å². The molecule has 0 aliphatic rings. The normalized spacial score (nSPS) is 13.9. The van der Waals surface area contributed by atoms with E-state index in [1.165, 1.54) is 27.7 Å². The molecule has 0 rings (SSSR count). The number of hydrogen-bond acceptors (Lipinski definition) is 10. The van der Waals surface area contributed by atoms with Crippen LogP contribution in [0.3, 0.4) is 0 Å². The smallest absolute Gasteiger partial charge is 0.435 e. The van der Waals surface area contributed by atoms with Crippen LogP contribution >= 0.6 is 0 Å². The highest BCUT2D eigenvalue weighted by Crippen LogP contribution is 2.24. The van der Waals surface area contributed by atoms with Crippen LogP contribution in [-0.2, 0) is 38.1 Å². The molecule has 0 aliphatic carbocycles. The van der Waals surface area contributed by atoms with E-state index in [0.717, 1.165) is 0 Å². The van der Waals surface area contributed by atoms with Crippen molar-refractivity contribution in [3.05, 3.63) is 0 Å². The van der Waals surface area contributed by atoms with Crippen LogP contribution < -0.4 is 5.32 Å². The van der Waals surface area contributed by atoms with Crippen molar-refractivity contribution in [2.75, 3.05) is 25.5 Å². The summed E-state index contributed by atoms with van der Waals surface area (Å²) in [4.78, 5) is 33.9. The number of rotatable bonds is 12. The molecule has 0 heterocycles. The molecule has 0 aliphatic heterocycles. The summed E-state index contributed by atoms with van der Waals surface area (Å²) in [5.74, 6) is -1.73. The molecule has 1 unspecified atom stereocenters. The van der Waals surface area contributed by atoms with Gasteiger partial charge in [-0.2, -0.15) is 8.42 Å². The Labute approximate surface area is 164 Å². The zero-order valence-corrected chi connectivity index (χ0v) is 17.5. The lowest BCUT2D eigenvalue weighted by Gasteiger charge is -2.29. The molecule has 11 nitrogen and oxygen atoms in total. The molecule has 1 amide bonds. The predicted octanol–water partition coefficient (Wildman–Crippen LogP) is 0.308. The summed E-state index contributed by atoms with van der Waals surface area (Å²) in [6.07, 6.45) is -3.94. The van der Waals surface area contributed by atoms with Gasteiger partial charge in [0.1, 0.15) is 0 Å². The molecule has 0 bridgehead atoms. The fraction of sp³-hybridized carbons (Fsp3) is 0.812. The van der Waals surface area contributed by atoms with E-state index in [4.69, 9.17) is 8.92 Å². The summed E-state index contributed by atoms with van der Waals surface area (Å²) in [6, 6.07) is 0. The lowest BCUT2D eigenvalue weighted by molar-refractivity contribution is -0.184. The van der Waals surface area contributed by atoms with Gasteiger partial charge in [0.25, 0.3) is 10.1 Å². The molecule has 0 saturated heterocycles. The molecule has 0 radical (unpaired) electrons. The lowest BCUT2D eigenvalue weighted by Crippen LogP contribution is -2.43. The average molecular weight is 427 g/mol. The summed E-state index contributed by atoms with van der Waals surface area (Å²) in [5.41, 5.74) is -1.31. The number of aliphatic hydroxyl groups excluding tert-OH is 1. The molecule has 0 fully saturated rings. The quantitative estimate of drug-likeness (QED) is 0.192. The van der Waals surface area contributed by atoms with E-state index < -0.39 is 46.7 Å². The number of amides is 1. The van der Waals surface area contributed by atoms with Crippen molar-refractivity contribution >= 4 is 28.1 Å². The Balaban J connectivity index is 4.55. The zero-order chi connectivity index (χ0) is 22.0. The van der Waals surface area contributed by atoms with E-state index >= 15 is 0 Å². The van der Waals surface area contributed by atoms with Gasteiger partial charge in [0, 0.05) is 25.8 Å². The molecule has 0 spiro atoms. The largest absolute Gasteiger partial charge is 0.511 e. The monoisotopic (exact) mass is 427 g/mol. The van der Waals surface area contributed by atoms with Gasteiger partial charge < -0.3 is 24.6 Å². The van der Waals surface area contributed by atoms with Gasteiger partial charge in [0.15, 0.2) is 6.10 Å². The van der Waals surface area contributed by atoms with Crippen LogP contribution in [-0.4, -0.2) is 69.5 Å². The highest BCUT2D eigenvalue weighted by Gasteiger charge is 2.37. The SMILES string of the molecule is CCOC(=O)OC(C)OC(=O)[C@H](O)C(C)(C)COS(=O)(=O)CCCNC(C)=O. The van der Waals surface area contributed by atoms with Gasteiger partial charge in [-0.1, -0.05) is 13.8 Å². The number of aliphatic hydroxyl groups is 1. The fourth-order valence-corrected chi connectivity index (χ4v) is 2.85. The summed E-state index contributed by atoms with van der Waals surface area (Å²) in [5, 5.41) is 12.6. The molecule has 28 heavy (non-hydrogen) atoms. The number of hydrogen-bond donors (Lipinski definition) is 2. The van der Waals surface area contributed by atoms with Crippen LogP contribution in [0.5, 0.6) is 0 Å². The van der Waals surface area contributed by atoms with Gasteiger partial charge in [-0.3, -0.25) is 8.98 Å². The highest BCUT2D eigenvalue weighted by atomic mass is 32.2. The summed E-state index contributed by atoms with van der Waals surface area (Å²) in [7, 11) is -3.92. The molecular weight excluding hydrogens is 398 g/mol. The summed E-state index contributed by atoms with van der Waals surface area (Å²) >= 11 is 0. The number of carbonyl (C=O) groups is 3. The Morgan fingerprint density at radius 2 is 1.79 bits per heavy atom. The maximum Gasteiger partial charge on any atom is 0.511 e. The predicted molar refractivity (Wildman–Crippen MR) is 96.5 cm³/mol. The van der Waals surface area contributed by atoms with E-state index in [-0.39, 0.29) is 31.2 Å². The third kappa shape index (κ3) is 11.0. The molecule has 0 aromatic rings. The van der Waals surface area contributed by atoms with Crippen molar-refractivity contribution in [1.29, 1.82) is 0 Å². The third-order valence-electron chi connectivity index (χ3n) is 3.33. The van der Waals surface area contributed by atoms with E-state index in [0.29, 0.717) is 0 Å². The molecular formula is C16H29NO10S. The average Bonchev–Trinajstić information content (AvgIpc) is 2.56. The van der Waals surface area contributed by atoms with Crippen LogP contribution in [0.1, 0.15) is 41.0 Å². The van der Waals surface area contributed by atoms with Crippen molar-refractivity contribution in [2.45, 2.75) is 53.4 Å². The molecule has 164 valence electrons. The van der Waals surface area contributed by atoms with Gasteiger partial charge in [0.05, 0.1) is 19.0 Å². The molecule has 12 heteroatoms. The minimum absolute atomic E-state index is 0.0752. The first-order chi connectivity index (χ1) is 12.8. The Morgan fingerprint density at radius 3 is 2.32 bits per heavy atom. The highest BCUT2D eigenvalue weighted by molar-refractivity contribution is 7.86. The van der Waals surface area contributed by atoms with E-state index in [1.54, 1.807) is 6.92 Å². The maximum atomic E-state index is 12.0. The van der Waals surface area contributed by atoms with Crippen molar-refractivity contribution in [3.8, 4) is 0 Å². The number of esters is 1. The maximum absolute atomic E-state index is 12.0. The Kier molecular flexibility index (Phi) is 11.0. The first-order valence-corrected chi connectivity index (χ1v) is 10.2. The minimum Gasteiger partial charge on any atom is -0.435 e. The molecule has 2 N–H and O–H groups in total. The van der Waals surface area contributed by atoms with Gasteiger partial charge in [0.2, 0.25) is 12.2 Å².